The zero-order valence-corrected chi connectivity index (χ0v) is 12.9. The van der Waals surface area contributed by atoms with Gasteiger partial charge in [0.15, 0.2) is 0 Å². The van der Waals surface area contributed by atoms with E-state index in [0.29, 0.717) is 11.6 Å². The van der Waals surface area contributed by atoms with Gasteiger partial charge < -0.3 is 5.32 Å². The van der Waals surface area contributed by atoms with Crippen molar-refractivity contribution in [2.24, 2.45) is 0 Å². The SMILES string of the molecule is CCNc1nc2ccccc2cc1Cn1cc(Cl)c(C)n1. The molecular weight excluding hydrogens is 284 g/mol. The van der Waals surface area contributed by atoms with Crippen molar-refractivity contribution in [1.82, 2.24) is 14.8 Å². The molecule has 1 N–H and O–H groups in total. The quantitative estimate of drug-likeness (QED) is 0.795. The van der Waals surface area contributed by atoms with Crippen molar-refractivity contribution in [2.75, 3.05) is 11.9 Å². The summed E-state index contributed by atoms with van der Waals surface area (Å²) in [4.78, 5) is 4.71. The number of aromatic nitrogens is 3. The molecule has 0 aliphatic carbocycles. The third-order valence-corrected chi connectivity index (χ3v) is 3.74. The Labute approximate surface area is 128 Å². The molecule has 2 heterocycles. The highest BCUT2D eigenvalue weighted by Gasteiger charge is 2.09. The number of rotatable bonds is 4. The maximum Gasteiger partial charge on any atom is 0.131 e. The van der Waals surface area contributed by atoms with Crippen LogP contribution in [0.25, 0.3) is 10.9 Å². The number of benzene rings is 1. The number of halogens is 1. The zero-order chi connectivity index (χ0) is 14.8. The lowest BCUT2D eigenvalue weighted by Gasteiger charge is -2.11. The second-order valence-corrected chi connectivity index (χ2v) is 5.39. The molecule has 0 aliphatic heterocycles. The average molecular weight is 301 g/mol. The Hall–Kier alpha value is -2.07. The minimum absolute atomic E-state index is 0.647. The van der Waals surface area contributed by atoms with Crippen molar-refractivity contribution >= 4 is 28.3 Å². The predicted molar refractivity (Wildman–Crippen MR) is 87.0 cm³/mol. The number of pyridine rings is 1. The van der Waals surface area contributed by atoms with Crippen LogP contribution in [0.1, 0.15) is 18.2 Å². The van der Waals surface area contributed by atoms with Gasteiger partial charge in [-0.1, -0.05) is 29.8 Å². The highest BCUT2D eigenvalue weighted by Crippen LogP contribution is 2.22. The molecule has 0 saturated carbocycles. The van der Waals surface area contributed by atoms with Crippen molar-refractivity contribution in [3.63, 3.8) is 0 Å². The molecule has 0 bridgehead atoms. The lowest BCUT2D eigenvalue weighted by Crippen LogP contribution is -2.08. The lowest BCUT2D eigenvalue weighted by molar-refractivity contribution is 0.679. The van der Waals surface area contributed by atoms with Crippen molar-refractivity contribution < 1.29 is 0 Å². The van der Waals surface area contributed by atoms with E-state index >= 15 is 0 Å². The van der Waals surface area contributed by atoms with E-state index < -0.39 is 0 Å². The van der Waals surface area contributed by atoms with E-state index in [4.69, 9.17) is 16.6 Å². The number of nitrogens with zero attached hydrogens (tertiary/aromatic N) is 3. The van der Waals surface area contributed by atoms with Crippen LogP contribution in [0.2, 0.25) is 5.02 Å². The predicted octanol–water partition coefficient (Wildman–Crippen LogP) is 3.87. The second kappa shape index (κ2) is 5.74. The molecule has 1 aromatic carbocycles. The largest absolute Gasteiger partial charge is 0.370 e. The molecule has 108 valence electrons. The number of nitrogens with one attached hydrogen (secondary N) is 1. The first kappa shape index (κ1) is 13.9. The first-order chi connectivity index (χ1) is 10.2. The van der Waals surface area contributed by atoms with Gasteiger partial charge in [-0.3, -0.25) is 4.68 Å². The van der Waals surface area contributed by atoms with Crippen LogP contribution in [-0.2, 0) is 6.54 Å². The smallest absolute Gasteiger partial charge is 0.131 e. The molecule has 3 aromatic rings. The standard InChI is InChI=1S/C16H17ClN4/c1-3-18-16-13(9-21-10-14(17)11(2)20-21)8-12-6-4-5-7-15(12)19-16/h4-8,10H,3,9H2,1-2H3,(H,18,19). The number of para-hydroxylation sites is 1. The summed E-state index contributed by atoms with van der Waals surface area (Å²) in [7, 11) is 0. The first-order valence-electron chi connectivity index (χ1n) is 6.99. The molecule has 0 aliphatic rings. The van der Waals surface area contributed by atoms with Gasteiger partial charge in [0.1, 0.15) is 5.82 Å². The van der Waals surface area contributed by atoms with E-state index in [0.717, 1.165) is 34.5 Å². The fraction of sp³-hybridized carbons (Fsp3) is 0.250. The van der Waals surface area contributed by atoms with Gasteiger partial charge in [-0.2, -0.15) is 5.10 Å². The monoisotopic (exact) mass is 300 g/mol. The van der Waals surface area contributed by atoms with Gasteiger partial charge in [-0.05, 0) is 26.0 Å². The summed E-state index contributed by atoms with van der Waals surface area (Å²) in [6.45, 7) is 5.45. The fourth-order valence-electron chi connectivity index (χ4n) is 2.35. The molecule has 4 nitrogen and oxygen atoms in total. The zero-order valence-electron chi connectivity index (χ0n) is 12.1. The Morgan fingerprint density at radius 2 is 2.10 bits per heavy atom. The van der Waals surface area contributed by atoms with Crippen molar-refractivity contribution in [3.8, 4) is 0 Å². The van der Waals surface area contributed by atoms with Crippen LogP contribution in [0.4, 0.5) is 5.82 Å². The normalized spacial score (nSPS) is 11.0. The molecule has 0 amide bonds. The van der Waals surface area contributed by atoms with Crippen molar-refractivity contribution in [1.29, 1.82) is 0 Å². The Morgan fingerprint density at radius 3 is 2.81 bits per heavy atom. The van der Waals surface area contributed by atoms with E-state index in [1.54, 1.807) is 0 Å². The highest BCUT2D eigenvalue weighted by atomic mass is 35.5. The topological polar surface area (TPSA) is 42.7 Å². The van der Waals surface area contributed by atoms with Crippen molar-refractivity contribution in [2.45, 2.75) is 20.4 Å². The van der Waals surface area contributed by atoms with Gasteiger partial charge in [0, 0.05) is 23.7 Å². The number of anilines is 1. The lowest BCUT2D eigenvalue weighted by atomic mass is 10.1. The molecule has 5 heteroatoms. The molecule has 0 atom stereocenters. The van der Waals surface area contributed by atoms with E-state index in [-0.39, 0.29) is 0 Å². The minimum atomic E-state index is 0.647. The summed E-state index contributed by atoms with van der Waals surface area (Å²) in [6, 6.07) is 10.3. The molecule has 3 rings (SSSR count). The second-order valence-electron chi connectivity index (χ2n) is 4.98. The van der Waals surface area contributed by atoms with Crippen LogP contribution >= 0.6 is 11.6 Å². The average Bonchev–Trinajstić information content (AvgIpc) is 2.78. The van der Waals surface area contributed by atoms with E-state index in [9.17, 15) is 0 Å². The van der Waals surface area contributed by atoms with Crippen LogP contribution in [0.15, 0.2) is 36.5 Å². The molecule has 0 fully saturated rings. The van der Waals surface area contributed by atoms with Gasteiger partial charge in [-0.25, -0.2) is 4.98 Å². The van der Waals surface area contributed by atoms with E-state index in [2.05, 4.69) is 29.5 Å². The molecular formula is C16H17ClN4. The molecule has 0 unspecified atom stereocenters. The first-order valence-corrected chi connectivity index (χ1v) is 7.37. The third kappa shape index (κ3) is 2.85. The van der Waals surface area contributed by atoms with Crippen LogP contribution in [0.5, 0.6) is 0 Å². The molecule has 0 saturated heterocycles. The summed E-state index contributed by atoms with van der Waals surface area (Å²) in [5.74, 6) is 0.903. The number of hydrogen-bond donors (Lipinski definition) is 1. The Morgan fingerprint density at radius 1 is 1.29 bits per heavy atom. The minimum Gasteiger partial charge on any atom is -0.370 e. The summed E-state index contributed by atoms with van der Waals surface area (Å²) in [6.07, 6.45) is 1.85. The van der Waals surface area contributed by atoms with Crippen LogP contribution in [0.3, 0.4) is 0 Å². The van der Waals surface area contributed by atoms with Gasteiger partial charge in [0.2, 0.25) is 0 Å². The number of fused-ring (bicyclic) bond motifs is 1. The fourth-order valence-corrected chi connectivity index (χ4v) is 2.50. The van der Waals surface area contributed by atoms with Crippen molar-refractivity contribution in [3.05, 3.63) is 52.8 Å². The third-order valence-electron chi connectivity index (χ3n) is 3.37. The Balaban J connectivity index is 2.04. The van der Waals surface area contributed by atoms with Crippen LogP contribution in [-0.4, -0.2) is 21.3 Å². The maximum atomic E-state index is 6.08. The molecule has 0 spiro atoms. The van der Waals surface area contributed by atoms with E-state index in [1.807, 2.05) is 36.0 Å². The summed E-state index contributed by atoms with van der Waals surface area (Å²) in [5.41, 5.74) is 2.94. The van der Waals surface area contributed by atoms with Gasteiger partial charge in [0.25, 0.3) is 0 Å². The molecule has 21 heavy (non-hydrogen) atoms. The van der Waals surface area contributed by atoms with Gasteiger partial charge >= 0.3 is 0 Å². The van der Waals surface area contributed by atoms with Crippen LogP contribution < -0.4 is 5.32 Å². The number of aryl methyl sites for hydroxylation is 1. The maximum absolute atomic E-state index is 6.08. The van der Waals surface area contributed by atoms with Gasteiger partial charge in [0.05, 0.1) is 22.8 Å². The number of hydrogen-bond acceptors (Lipinski definition) is 3. The molecule has 0 radical (unpaired) electrons. The van der Waals surface area contributed by atoms with Gasteiger partial charge in [-0.15, -0.1) is 0 Å². The Kier molecular flexibility index (Phi) is 3.80. The summed E-state index contributed by atoms with van der Waals surface area (Å²) >= 11 is 6.08. The molecule has 2 aromatic heterocycles. The van der Waals surface area contributed by atoms with Crippen LogP contribution in [0, 0.1) is 6.92 Å². The Bertz CT molecular complexity index is 760. The highest BCUT2D eigenvalue weighted by molar-refractivity contribution is 6.31. The summed E-state index contributed by atoms with van der Waals surface area (Å²) < 4.78 is 1.85. The summed E-state index contributed by atoms with van der Waals surface area (Å²) in [5, 5.41) is 9.56. The van der Waals surface area contributed by atoms with E-state index in [1.165, 1.54) is 0 Å².